The van der Waals surface area contributed by atoms with Crippen molar-refractivity contribution >= 4 is 0 Å². The number of fused-ring (bicyclic) bond motifs is 4. The van der Waals surface area contributed by atoms with E-state index in [1.165, 1.54) is 44.5 Å². The van der Waals surface area contributed by atoms with Gasteiger partial charge in [-0.25, -0.2) is 0 Å². The molecule has 3 N–H and O–H groups in total. The summed E-state index contributed by atoms with van der Waals surface area (Å²) in [5, 5.41) is 11.5. The van der Waals surface area contributed by atoms with Crippen LogP contribution >= 0.6 is 0 Å². The summed E-state index contributed by atoms with van der Waals surface area (Å²) in [5.74, 6) is 0. The summed E-state index contributed by atoms with van der Waals surface area (Å²) in [4.78, 5) is 2.52. The summed E-state index contributed by atoms with van der Waals surface area (Å²) in [6.45, 7) is 35.8. The molecular weight excluding hydrogens is 500 g/mol. The van der Waals surface area contributed by atoms with Gasteiger partial charge in [-0.05, 0) is 87.1 Å². The number of benzene rings is 2. The lowest BCUT2D eigenvalue weighted by Gasteiger charge is -2.32. The van der Waals surface area contributed by atoms with Gasteiger partial charge < -0.3 is 20.9 Å². The van der Waals surface area contributed by atoms with Crippen molar-refractivity contribution in [3.8, 4) is 0 Å². The highest BCUT2D eigenvalue weighted by molar-refractivity contribution is 5.42. The first-order valence-corrected chi connectivity index (χ1v) is 15.8. The summed E-state index contributed by atoms with van der Waals surface area (Å²) >= 11 is 0. The second-order valence-electron chi connectivity index (χ2n) is 16.7. The maximum Gasteiger partial charge on any atom is 0.0233 e. The predicted octanol–water partition coefficient (Wildman–Crippen LogP) is 7.37. The van der Waals surface area contributed by atoms with E-state index in [0.717, 1.165) is 52.4 Å². The van der Waals surface area contributed by atoms with Gasteiger partial charge in [0.25, 0.3) is 0 Å². The molecule has 2 aromatic rings. The van der Waals surface area contributed by atoms with Crippen molar-refractivity contribution in [1.82, 2.24) is 20.9 Å². The Kier molecular flexibility index (Phi) is 10.6. The minimum atomic E-state index is 0.122. The zero-order chi connectivity index (χ0) is 30.8. The molecule has 0 unspecified atom stereocenters. The SMILES string of the molecule is Cc1c2cc(C(C)(C)C)cc1CNCC(C)(C)CN(C)Cc1cc(C(C)(C)C)cc(c1C)CNCC(C)(C)CNC2. The molecule has 4 nitrogen and oxygen atoms in total. The van der Waals surface area contributed by atoms with Gasteiger partial charge in [-0.3, -0.25) is 0 Å². The number of hydrogen-bond donors (Lipinski definition) is 3. The molecule has 1 aliphatic rings. The largest absolute Gasteiger partial charge is 0.312 e. The van der Waals surface area contributed by atoms with Crippen molar-refractivity contribution < 1.29 is 0 Å². The molecule has 1 heterocycles. The minimum Gasteiger partial charge on any atom is -0.312 e. The topological polar surface area (TPSA) is 39.3 Å². The van der Waals surface area contributed by atoms with Gasteiger partial charge in [0, 0.05) is 52.4 Å². The molecule has 0 aliphatic carbocycles. The molecule has 4 bridgehead atoms. The van der Waals surface area contributed by atoms with E-state index in [0.29, 0.717) is 0 Å². The van der Waals surface area contributed by atoms with E-state index in [1.54, 1.807) is 0 Å². The molecule has 2 aromatic carbocycles. The molecule has 4 heteroatoms. The van der Waals surface area contributed by atoms with Crippen LogP contribution in [0.4, 0.5) is 0 Å². The van der Waals surface area contributed by atoms with Crippen LogP contribution in [0.2, 0.25) is 0 Å². The van der Waals surface area contributed by atoms with E-state index in [4.69, 9.17) is 0 Å². The molecule has 0 saturated carbocycles. The number of rotatable bonds is 0. The highest BCUT2D eigenvalue weighted by Gasteiger charge is 2.24. The molecule has 0 radical (unpaired) electrons. The first kappa shape index (κ1) is 33.8. The van der Waals surface area contributed by atoms with Crippen molar-refractivity contribution in [2.24, 2.45) is 10.8 Å². The molecule has 0 fully saturated rings. The van der Waals surface area contributed by atoms with Crippen LogP contribution in [0.15, 0.2) is 24.3 Å². The third-order valence-electron chi connectivity index (χ3n) is 8.87. The second kappa shape index (κ2) is 12.9. The van der Waals surface area contributed by atoms with Crippen LogP contribution in [0, 0.1) is 24.7 Å². The lowest BCUT2D eigenvalue weighted by molar-refractivity contribution is 0.198. The first-order chi connectivity index (χ1) is 18.8. The molecule has 0 saturated heterocycles. The van der Waals surface area contributed by atoms with Crippen molar-refractivity contribution in [3.63, 3.8) is 0 Å². The van der Waals surface area contributed by atoms with Gasteiger partial charge in [-0.1, -0.05) is 93.5 Å². The van der Waals surface area contributed by atoms with Gasteiger partial charge in [0.1, 0.15) is 0 Å². The Morgan fingerprint density at radius 2 is 0.927 bits per heavy atom. The van der Waals surface area contributed by atoms with E-state index < -0.39 is 0 Å². The molecule has 0 spiro atoms. The molecule has 0 amide bonds. The third kappa shape index (κ3) is 9.64. The zero-order valence-corrected chi connectivity index (χ0v) is 28.9. The lowest BCUT2D eigenvalue weighted by Crippen LogP contribution is -2.39. The minimum absolute atomic E-state index is 0.122. The van der Waals surface area contributed by atoms with Crippen LogP contribution in [0.1, 0.15) is 114 Å². The average Bonchev–Trinajstić information content (AvgIpc) is 2.80. The normalized spacial score (nSPS) is 20.0. The van der Waals surface area contributed by atoms with Crippen LogP contribution in [-0.4, -0.2) is 38.1 Å². The van der Waals surface area contributed by atoms with Gasteiger partial charge in [0.2, 0.25) is 0 Å². The maximum absolute atomic E-state index is 3.85. The molecule has 3 rings (SSSR count). The van der Waals surface area contributed by atoms with Crippen LogP contribution in [0.3, 0.4) is 0 Å². The number of hydrogen-bond acceptors (Lipinski definition) is 4. The van der Waals surface area contributed by atoms with Crippen LogP contribution in [0.25, 0.3) is 0 Å². The van der Waals surface area contributed by atoms with Crippen LogP contribution in [-0.2, 0) is 37.0 Å². The summed E-state index contributed by atoms with van der Waals surface area (Å²) < 4.78 is 0. The van der Waals surface area contributed by atoms with Gasteiger partial charge in [0.15, 0.2) is 0 Å². The lowest BCUT2D eigenvalue weighted by atomic mass is 9.83. The quantitative estimate of drug-likeness (QED) is 0.314. The van der Waals surface area contributed by atoms with Crippen molar-refractivity contribution in [2.75, 3.05) is 33.2 Å². The van der Waals surface area contributed by atoms with Gasteiger partial charge >= 0.3 is 0 Å². The standard InChI is InChI=1S/C37H62N4/c1-26-28-14-32(34(3,4)5)15-29(26)19-40-24-37(11,12)25-41(13)21-31-17-33(35(6,7)8)16-30(27(31)2)20-39-23-36(9,10)22-38-18-28/h14-17,38-40H,18-25H2,1-13H3. The Morgan fingerprint density at radius 1 is 0.585 bits per heavy atom. The van der Waals surface area contributed by atoms with Crippen LogP contribution in [0.5, 0.6) is 0 Å². The summed E-state index contributed by atoms with van der Waals surface area (Å²) in [7, 11) is 2.29. The van der Waals surface area contributed by atoms with Gasteiger partial charge in [-0.2, -0.15) is 0 Å². The third-order valence-corrected chi connectivity index (χ3v) is 8.87. The predicted molar refractivity (Wildman–Crippen MR) is 179 cm³/mol. The fourth-order valence-corrected chi connectivity index (χ4v) is 6.06. The van der Waals surface area contributed by atoms with E-state index in [9.17, 15) is 0 Å². The fraction of sp³-hybridized carbons (Fsp3) is 0.676. The van der Waals surface area contributed by atoms with Crippen molar-refractivity contribution in [2.45, 2.75) is 120 Å². The van der Waals surface area contributed by atoms with E-state index in [-0.39, 0.29) is 21.7 Å². The van der Waals surface area contributed by atoms with E-state index in [1.807, 2.05) is 0 Å². The first-order valence-electron chi connectivity index (χ1n) is 15.8. The monoisotopic (exact) mass is 562 g/mol. The van der Waals surface area contributed by atoms with Crippen molar-refractivity contribution in [3.05, 3.63) is 68.8 Å². The van der Waals surface area contributed by atoms with Crippen LogP contribution < -0.4 is 16.0 Å². The number of nitrogens with zero attached hydrogens (tertiary/aromatic N) is 1. The molecule has 0 aromatic heterocycles. The Hall–Kier alpha value is -1.72. The molecule has 0 atom stereocenters. The summed E-state index contributed by atoms with van der Waals surface area (Å²) in [5.41, 5.74) is 12.0. The molecule has 1 aliphatic heterocycles. The summed E-state index contributed by atoms with van der Waals surface area (Å²) in [6.07, 6.45) is 0. The summed E-state index contributed by atoms with van der Waals surface area (Å²) in [6, 6.07) is 9.78. The second-order valence-corrected chi connectivity index (χ2v) is 16.7. The Balaban J connectivity index is 1.95. The smallest absolute Gasteiger partial charge is 0.0233 e. The van der Waals surface area contributed by atoms with E-state index >= 15 is 0 Å². The van der Waals surface area contributed by atoms with E-state index in [2.05, 4.69) is 135 Å². The Morgan fingerprint density at radius 3 is 1.32 bits per heavy atom. The Labute approximate surface area is 253 Å². The molecule has 41 heavy (non-hydrogen) atoms. The molecular formula is C37H62N4. The fourth-order valence-electron chi connectivity index (χ4n) is 6.06. The van der Waals surface area contributed by atoms with Crippen molar-refractivity contribution in [1.29, 1.82) is 0 Å². The number of nitrogens with one attached hydrogen (secondary N) is 3. The zero-order valence-electron chi connectivity index (χ0n) is 28.9. The molecule has 230 valence electrons. The Bertz CT molecular complexity index is 1180. The highest BCUT2D eigenvalue weighted by atomic mass is 15.1. The van der Waals surface area contributed by atoms with Gasteiger partial charge in [-0.15, -0.1) is 0 Å². The maximum atomic E-state index is 3.85. The highest BCUT2D eigenvalue weighted by Crippen LogP contribution is 2.30. The van der Waals surface area contributed by atoms with Gasteiger partial charge in [0.05, 0.1) is 0 Å². The average molecular weight is 563 g/mol.